The van der Waals surface area contributed by atoms with Crippen LogP contribution in [0.25, 0.3) is 10.6 Å². The van der Waals surface area contributed by atoms with Crippen molar-refractivity contribution in [1.29, 1.82) is 0 Å². The fourth-order valence-corrected chi connectivity index (χ4v) is 4.32. The molecule has 1 aliphatic heterocycles. The lowest BCUT2D eigenvalue weighted by molar-refractivity contribution is -0.181. The van der Waals surface area contributed by atoms with Crippen LogP contribution in [0.15, 0.2) is 42.0 Å². The van der Waals surface area contributed by atoms with Gasteiger partial charge in [-0.25, -0.2) is 13.8 Å². The third-order valence-corrected chi connectivity index (χ3v) is 5.97. The Bertz CT molecular complexity index is 1110. The maximum atomic E-state index is 14.0. The summed E-state index contributed by atoms with van der Waals surface area (Å²) >= 11 is 0.925. The molecule has 1 saturated heterocycles. The van der Waals surface area contributed by atoms with Gasteiger partial charge in [-0.05, 0) is 18.2 Å². The lowest BCUT2D eigenvalue weighted by atomic mass is 9.94. The molecule has 0 aliphatic carbocycles. The van der Waals surface area contributed by atoms with Crippen LogP contribution in [0.1, 0.15) is 28.6 Å². The van der Waals surface area contributed by atoms with E-state index >= 15 is 0 Å². The van der Waals surface area contributed by atoms with E-state index in [1.165, 1.54) is 23.8 Å². The van der Waals surface area contributed by atoms with Crippen molar-refractivity contribution in [3.8, 4) is 10.6 Å². The van der Waals surface area contributed by atoms with Crippen molar-refractivity contribution in [1.82, 2.24) is 9.97 Å². The van der Waals surface area contributed by atoms with Crippen molar-refractivity contribution in [2.45, 2.75) is 30.8 Å². The Morgan fingerprint density at radius 2 is 2.00 bits per heavy atom. The lowest BCUT2D eigenvalue weighted by Crippen LogP contribution is -2.47. The Kier molecular flexibility index (Phi) is 6.53. The Morgan fingerprint density at radius 1 is 1.25 bits per heavy atom. The maximum absolute atomic E-state index is 14.0. The Balaban J connectivity index is 1.56. The van der Waals surface area contributed by atoms with Crippen molar-refractivity contribution >= 4 is 22.9 Å². The van der Waals surface area contributed by atoms with E-state index in [9.17, 15) is 28.9 Å². The number of benzene rings is 1. The molecule has 0 saturated carbocycles. The van der Waals surface area contributed by atoms with E-state index in [0.29, 0.717) is 5.56 Å². The Labute approximate surface area is 185 Å². The van der Waals surface area contributed by atoms with Crippen LogP contribution in [0.5, 0.6) is 0 Å². The molecule has 1 fully saturated rings. The minimum absolute atomic E-state index is 0.0238. The number of ether oxygens (including phenoxy) is 1. The molecule has 1 aromatic carbocycles. The topological polar surface area (TPSA) is 125 Å². The number of pyridine rings is 1. The number of rotatable bonds is 5. The summed E-state index contributed by atoms with van der Waals surface area (Å²) in [6, 6.07) is 5.04. The largest absolute Gasteiger partial charge is 0.394 e. The van der Waals surface area contributed by atoms with Gasteiger partial charge in [0.25, 0.3) is 5.91 Å². The molecule has 4 N–H and O–H groups in total. The summed E-state index contributed by atoms with van der Waals surface area (Å²) in [7, 11) is 0. The quantitative estimate of drug-likeness (QED) is 0.458. The first-order valence-corrected chi connectivity index (χ1v) is 10.5. The number of aromatic nitrogens is 2. The Hall–Kier alpha value is -2.83. The molecule has 32 heavy (non-hydrogen) atoms. The second-order valence-electron chi connectivity index (χ2n) is 7.19. The van der Waals surface area contributed by atoms with Gasteiger partial charge < -0.3 is 25.4 Å². The summed E-state index contributed by atoms with van der Waals surface area (Å²) in [5.41, 5.74) is 0.398. The van der Waals surface area contributed by atoms with Crippen LogP contribution >= 0.6 is 11.3 Å². The van der Waals surface area contributed by atoms with Gasteiger partial charge in [-0.2, -0.15) is 0 Å². The highest BCUT2D eigenvalue weighted by Crippen LogP contribution is 2.35. The fraction of sp³-hybridized carbons (Fsp3) is 0.286. The standard InChI is InChI=1S/C21H19F2N3O5S/c22-11-2-1-3-12(23)18(11)21-26-14(9-32-21)20(30)25-13-7-24-5-4-10(13)16-6-15(28)19(29)17(8-27)31-16/h1-5,7,9,15-17,19,27-29H,6,8H2,(H,25,30)/t15-,16-,17-,19+/m1/s1. The zero-order valence-electron chi connectivity index (χ0n) is 16.5. The van der Waals surface area contributed by atoms with Crippen molar-refractivity contribution < 1.29 is 33.6 Å². The summed E-state index contributed by atoms with van der Waals surface area (Å²) < 4.78 is 33.7. The Morgan fingerprint density at radius 3 is 2.72 bits per heavy atom. The molecule has 168 valence electrons. The molecule has 11 heteroatoms. The van der Waals surface area contributed by atoms with Crippen LogP contribution in [0.4, 0.5) is 14.5 Å². The van der Waals surface area contributed by atoms with Gasteiger partial charge in [0.15, 0.2) is 0 Å². The minimum atomic E-state index is -1.23. The monoisotopic (exact) mass is 463 g/mol. The summed E-state index contributed by atoms with van der Waals surface area (Å²) in [6.45, 7) is -0.490. The fourth-order valence-electron chi connectivity index (χ4n) is 3.48. The molecular formula is C21H19F2N3O5S. The van der Waals surface area contributed by atoms with E-state index in [-0.39, 0.29) is 28.4 Å². The lowest BCUT2D eigenvalue weighted by Gasteiger charge is -2.37. The number of nitrogens with zero attached hydrogens (tertiary/aromatic N) is 2. The van der Waals surface area contributed by atoms with Crippen LogP contribution < -0.4 is 5.32 Å². The molecule has 0 unspecified atom stereocenters. The molecule has 4 atom stereocenters. The third kappa shape index (κ3) is 4.38. The first-order valence-electron chi connectivity index (χ1n) is 9.66. The number of aliphatic hydroxyl groups excluding tert-OH is 3. The van der Waals surface area contributed by atoms with E-state index in [1.54, 1.807) is 6.07 Å². The molecule has 0 spiro atoms. The smallest absolute Gasteiger partial charge is 0.275 e. The maximum Gasteiger partial charge on any atom is 0.275 e. The molecule has 3 aromatic rings. The number of thiazole rings is 1. The van der Waals surface area contributed by atoms with Gasteiger partial charge in [0, 0.05) is 23.6 Å². The van der Waals surface area contributed by atoms with Gasteiger partial charge in [0.2, 0.25) is 0 Å². The predicted octanol–water partition coefficient (Wildman–Crippen LogP) is 2.28. The number of anilines is 1. The number of halogens is 2. The second kappa shape index (κ2) is 9.35. The molecule has 3 heterocycles. The van der Waals surface area contributed by atoms with Crippen molar-refractivity contribution in [3.63, 3.8) is 0 Å². The van der Waals surface area contributed by atoms with Crippen molar-refractivity contribution in [2.24, 2.45) is 0 Å². The molecule has 4 rings (SSSR count). The zero-order chi connectivity index (χ0) is 22.8. The molecule has 8 nitrogen and oxygen atoms in total. The number of hydrogen-bond donors (Lipinski definition) is 4. The average Bonchev–Trinajstić information content (AvgIpc) is 3.26. The van der Waals surface area contributed by atoms with Crippen LogP contribution in [-0.2, 0) is 4.74 Å². The summed E-state index contributed by atoms with van der Waals surface area (Å²) in [5.74, 6) is -2.20. The number of amides is 1. The van der Waals surface area contributed by atoms with E-state index in [1.807, 2.05) is 0 Å². The van der Waals surface area contributed by atoms with Crippen LogP contribution in [0.2, 0.25) is 0 Å². The van der Waals surface area contributed by atoms with Crippen LogP contribution in [0, 0.1) is 11.6 Å². The number of carbonyl (C=O) groups excluding carboxylic acids is 1. The normalized spacial score (nSPS) is 23.2. The molecule has 0 radical (unpaired) electrons. The number of nitrogens with one attached hydrogen (secondary N) is 1. The van der Waals surface area contributed by atoms with Crippen molar-refractivity contribution in [2.75, 3.05) is 11.9 Å². The van der Waals surface area contributed by atoms with Gasteiger partial charge in [-0.1, -0.05) is 6.07 Å². The summed E-state index contributed by atoms with van der Waals surface area (Å²) in [5, 5.41) is 33.5. The predicted molar refractivity (Wildman–Crippen MR) is 111 cm³/mol. The minimum Gasteiger partial charge on any atom is -0.394 e. The van der Waals surface area contributed by atoms with E-state index in [0.717, 1.165) is 23.5 Å². The number of hydrogen-bond acceptors (Lipinski definition) is 8. The molecule has 1 aliphatic rings. The highest BCUT2D eigenvalue weighted by atomic mass is 32.1. The van der Waals surface area contributed by atoms with Crippen LogP contribution in [0.3, 0.4) is 0 Å². The van der Waals surface area contributed by atoms with Gasteiger partial charge in [0.05, 0.1) is 36.3 Å². The molecule has 0 bridgehead atoms. The van der Waals surface area contributed by atoms with E-state index < -0.39 is 48.6 Å². The average molecular weight is 463 g/mol. The van der Waals surface area contributed by atoms with Crippen molar-refractivity contribution in [3.05, 3.63) is 64.9 Å². The molecule has 2 aromatic heterocycles. The van der Waals surface area contributed by atoms with Gasteiger partial charge >= 0.3 is 0 Å². The van der Waals surface area contributed by atoms with Gasteiger partial charge in [-0.15, -0.1) is 11.3 Å². The highest BCUT2D eigenvalue weighted by molar-refractivity contribution is 7.13. The second-order valence-corrected chi connectivity index (χ2v) is 8.05. The van der Waals surface area contributed by atoms with Crippen LogP contribution in [-0.4, -0.2) is 56.1 Å². The number of carbonyl (C=O) groups is 1. The van der Waals surface area contributed by atoms with E-state index in [4.69, 9.17) is 4.74 Å². The number of aliphatic hydroxyl groups is 3. The molecular weight excluding hydrogens is 444 g/mol. The summed E-state index contributed by atoms with van der Waals surface area (Å²) in [6.07, 6.45) is -1.17. The third-order valence-electron chi connectivity index (χ3n) is 5.11. The molecule has 1 amide bonds. The van der Waals surface area contributed by atoms with Gasteiger partial charge in [0.1, 0.15) is 34.5 Å². The zero-order valence-corrected chi connectivity index (χ0v) is 17.3. The SMILES string of the molecule is O=C(Nc1cnccc1[C@H]1C[C@@H](O)[C@H](O)[C@@H](CO)O1)c1csc(-c2c(F)cccc2F)n1. The van der Waals surface area contributed by atoms with Gasteiger partial charge in [-0.3, -0.25) is 9.78 Å². The first-order chi connectivity index (χ1) is 15.4. The summed E-state index contributed by atoms with van der Waals surface area (Å²) in [4.78, 5) is 20.8. The highest BCUT2D eigenvalue weighted by Gasteiger charge is 2.37. The first kappa shape index (κ1) is 22.4. The van der Waals surface area contributed by atoms with E-state index in [2.05, 4.69) is 15.3 Å².